The van der Waals surface area contributed by atoms with Gasteiger partial charge in [-0.1, -0.05) is 334 Å². The molecule has 0 aliphatic rings. The SMILES string of the molecule is CCCCCCCCC/C=C/C(O)C(CO)NC(=O)CCCCCCCCCCCCCCCCCCCCCCCCCCCCCCCCCCCOC(=O)CCCCCCCCCCCCCC. The van der Waals surface area contributed by atoms with Crippen LogP contribution in [0.25, 0.3) is 0 Å². The van der Waals surface area contributed by atoms with Crippen molar-refractivity contribution < 1.29 is 24.5 Å². The lowest BCUT2D eigenvalue weighted by Crippen LogP contribution is -2.45. The van der Waals surface area contributed by atoms with Crippen LogP contribution in [0.2, 0.25) is 0 Å². The van der Waals surface area contributed by atoms with Crippen molar-refractivity contribution in [1.82, 2.24) is 5.32 Å². The smallest absolute Gasteiger partial charge is 0.305 e. The molecule has 0 rings (SSSR count). The number of carbonyl (C=O) groups excluding carboxylic acids is 2. The lowest BCUT2D eigenvalue weighted by atomic mass is 10.0. The summed E-state index contributed by atoms with van der Waals surface area (Å²) in [5, 5.41) is 23.0. The fourth-order valence-electron chi connectivity index (χ4n) is 10.3. The van der Waals surface area contributed by atoms with Gasteiger partial charge in [0.1, 0.15) is 0 Å². The summed E-state index contributed by atoms with van der Waals surface area (Å²) in [5.41, 5.74) is 0. The largest absolute Gasteiger partial charge is 0.466 e. The van der Waals surface area contributed by atoms with Gasteiger partial charge in [-0.15, -0.1) is 0 Å². The molecule has 0 heterocycles. The van der Waals surface area contributed by atoms with Crippen molar-refractivity contribution in [2.75, 3.05) is 13.2 Å². The zero-order chi connectivity index (χ0) is 51.4. The molecule has 0 aromatic carbocycles. The van der Waals surface area contributed by atoms with Crippen LogP contribution in [0.4, 0.5) is 0 Å². The third-order valence-corrected chi connectivity index (χ3v) is 15.3. The van der Waals surface area contributed by atoms with E-state index in [0.29, 0.717) is 19.4 Å². The first-order valence-electron chi connectivity index (χ1n) is 32.5. The van der Waals surface area contributed by atoms with Gasteiger partial charge < -0.3 is 20.3 Å². The van der Waals surface area contributed by atoms with Crippen molar-refractivity contribution in [3.8, 4) is 0 Å². The van der Waals surface area contributed by atoms with Crippen LogP contribution < -0.4 is 5.32 Å². The maximum Gasteiger partial charge on any atom is 0.305 e. The molecule has 6 heteroatoms. The van der Waals surface area contributed by atoms with E-state index < -0.39 is 12.1 Å². The summed E-state index contributed by atoms with van der Waals surface area (Å²) in [4.78, 5) is 24.4. The minimum atomic E-state index is -0.837. The van der Waals surface area contributed by atoms with Crippen molar-refractivity contribution in [1.29, 1.82) is 0 Å². The van der Waals surface area contributed by atoms with Crippen LogP contribution in [0.15, 0.2) is 12.2 Å². The Hall–Kier alpha value is -1.40. The summed E-state index contributed by atoms with van der Waals surface area (Å²) in [6.07, 6.45) is 74.4. The highest BCUT2D eigenvalue weighted by atomic mass is 16.5. The molecule has 2 atom stereocenters. The predicted molar refractivity (Wildman–Crippen MR) is 310 cm³/mol. The quantitative estimate of drug-likeness (QED) is 0.0320. The van der Waals surface area contributed by atoms with E-state index in [1.54, 1.807) is 6.08 Å². The number of carbonyl (C=O) groups is 2. The molecule has 0 aromatic rings. The molecular formula is C65H127NO5. The van der Waals surface area contributed by atoms with Crippen LogP contribution in [0.3, 0.4) is 0 Å². The molecule has 0 aliphatic heterocycles. The number of hydrogen-bond donors (Lipinski definition) is 3. The van der Waals surface area contributed by atoms with Crippen LogP contribution >= 0.6 is 0 Å². The first-order valence-corrected chi connectivity index (χ1v) is 32.5. The Balaban J connectivity index is 3.28. The Morgan fingerprint density at radius 2 is 0.648 bits per heavy atom. The Morgan fingerprint density at radius 3 is 0.958 bits per heavy atom. The number of allylic oxidation sites excluding steroid dienone is 1. The minimum Gasteiger partial charge on any atom is -0.466 e. The van der Waals surface area contributed by atoms with Crippen LogP contribution in [-0.2, 0) is 14.3 Å². The number of nitrogens with one attached hydrogen (secondary N) is 1. The van der Waals surface area contributed by atoms with Gasteiger partial charge >= 0.3 is 5.97 Å². The highest BCUT2D eigenvalue weighted by Gasteiger charge is 2.18. The van der Waals surface area contributed by atoms with Gasteiger partial charge in [0.25, 0.3) is 0 Å². The monoisotopic (exact) mass is 1000 g/mol. The van der Waals surface area contributed by atoms with Crippen LogP contribution in [0.1, 0.15) is 367 Å². The summed E-state index contributed by atoms with van der Waals surface area (Å²) in [5.74, 6) is -0.0418. The van der Waals surface area contributed by atoms with Gasteiger partial charge in [-0.25, -0.2) is 0 Å². The Labute approximate surface area is 444 Å². The summed E-state index contributed by atoms with van der Waals surface area (Å²) >= 11 is 0. The van der Waals surface area contributed by atoms with E-state index in [2.05, 4.69) is 19.2 Å². The van der Waals surface area contributed by atoms with Crippen LogP contribution in [0.5, 0.6) is 0 Å². The number of rotatable bonds is 61. The van der Waals surface area contributed by atoms with E-state index >= 15 is 0 Å². The molecule has 1 amide bonds. The van der Waals surface area contributed by atoms with Gasteiger partial charge in [0.05, 0.1) is 25.4 Å². The van der Waals surface area contributed by atoms with E-state index in [0.717, 1.165) is 38.5 Å². The molecular weight excluding hydrogens is 875 g/mol. The molecule has 0 saturated carbocycles. The third kappa shape index (κ3) is 57.7. The first kappa shape index (κ1) is 69.6. The van der Waals surface area contributed by atoms with Crippen molar-refractivity contribution >= 4 is 11.9 Å². The second-order valence-corrected chi connectivity index (χ2v) is 22.5. The van der Waals surface area contributed by atoms with Gasteiger partial charge in [-0.05, 0) is 32.1 Å². The molecule has 0 spiro atoms. The second kappa shape index (κ2) is 61.1. The van der Waals surface area contributed by atoms with Crippen LogP contribution in [-0.4, -0.2) is 47.4 Å². The zero-order valence-electron chi connectivity index (χ0n) is 48.2. The number of esters is 1. The Kier molecular flexibility index (Phi) is 59.9. The van der Waals surface area contributed by atoms with E-state index in [1.807, 2.05) is 6.08 Å². The highest BCUT2D eigenvalue weighted by Crippen LogP contribution is 2.19. The number of ether oxygens (including phenoxy) is 1. The lowest BCUT2D eigenvalue weighted by Gasteiger charge is -2.20. The molecule has 422 valence electrons. The number of aliphatic hydroxyl groups is 2. The highest BCUT2D eigenvalue weighted by molar-refractivity contribution is 5.76. The van der Waals surface area contributed by atoms with Gasteiger partial charge in [-0.2, -0.15) is 0 Å². The molecule has 0 bridgehead atoms. The molecule has 2 unspecified atom stereocenters. The average Bonchev–Trinajstić information content (AvgIpc) is 3.37. The summed E-state index contributed by atoms with van der Waals surface area (Å²) in [7, 11) is 0. The maximum atomic E-state index is 12.4. The number of amides is 1. The second-order valence-electron chi connectivity index (χ2n) is 22.5. The predicted octanol–water partition coefficient (Wildman–Crippen LogP) is 20.4. The van der Waals surface area contributed by atoms with Gasteiger partial charge in [-0.3, -0.25) is 9.59 Å². The van der Waals surface area contributed by atoms with Crippen molar-refractivity contribution in [3.05, 3.63) is 12.2 Å². The van der Waals surface area contributed by atoms with Gasteiger partial charge in [0.2, 0.25) is 5.91 Å². The van der Waals surface area contributed by atoms with Crippen molar-refractivity contribution in [2.24, 2.45) is 0 Å². The fraction of sp³-hybridized carbons (Fsp3) is 0.938. The standard InChI is InChI=1S/C65H127NO5/c1-3-5-7-9-11-13-14-39-43-47-51-55-59-65(70)71-60-56-52-48-44-40-37-35-33-31-29-27-25-23-21-19-17-15-16-18-20-22-24-26-28-30-32-34-36-38-42-46-50-54-58-64(69)66-62(61-67)63(68)57-53-49-45-41-12-10-8-6-4-2/h53,57,62-63,67-68H,3-52,54-56,58-61H2,1-2H3,(H,66,69)/b57-53+. The Morgan fingerprint density at radius 1 is 0.380 bits per heavy atom. The molecule has 6 nitrogen and oxygen atoms in total. The van der Waals surface area contributed by atoms with E-state index in [-0.39, 0.29) is 18.5 Å². The number of unbranched alkanes of at least 4 members (excludes halogenated alkanes) is 50. The lowest BCUT2D eigenvalue weighted by molar-refractivity contribution is -0.143. The van der Waals surface area contributed by atoms with Crippen molar-refractivity contribution in [2.45, 2.75) is 379 Å². The van der Waals surface area contributed by atoms with Crippen LogP contribution in [0, 0.1) is 0 Å². The zero-order valence-corrected chi connectivity index (χ0v) is 48.2. The molecule has 0 aliphatic carbocycles. The molecule has 0 radical (unpaired) electrons. The normalized spacial score (nSPS) is 12.6. The number of hydrogen-bond acceptors (Lipinski definition) is 5. The molecule has 0 saturated heterocycles. The van der Waals surface area contributed by atoms with Gasteiger partial charge in [0.15, 0.2) is 0 Å². The fourth-order valence-corrected chi connectivity index (χ4v) is 10.3. The van der Waals surface area contributed by atoms with E-state index in [1.165, 1.54) is 302 Å². The molecule has 0 aromatic heterocycles. The third-order valence-electron chi connectivity index (χ3n) is 15.3. The maximum absolute atomic E-state index is 12.4. The Bertz CT molecular complexity index is 1060. The summed E-state index contributed by atoms with van der Waals surface area (Å²) in [6.45, 7) is 4.90. The number of aliphatic hydroxyl groups excluding tert-OH is 2. The first-order chi connectivity index (χ1) is 35.0. The topological polar surface area (TPSA) is 95.9 Å². The molecule has 0 fully saturated rings. The minimum absolute atomic E-state index is 0.0225. The average molecular weight is 1000 g/mol. The summed E-state index contributed by atoms with van der Waals surface area (Å²) in [6, 6.07) is -0.621. The van der Waals surface area contributed by atoms with E-state index in [9.17, 15) is 19.8 Å². The molecule has 3 N–H and O–H groups in total. The van der Waals surface area contributed by atoms with Crippen molar-refractivity contribution in [3.63, 3.8) is 0 Å². The van der Waals surface area contributed by atoms with Gasteiger partial charge in [0, 0.05) is 12.8 Å². The molecule has 71 heavy (non-hydrogen) atoms. The summed E-state index contributed by atoms with van der Waals surface area (Å²) < 4.78 is 5.48. The van der Waals surface area contributed by atoms with E-state index in [4.69, 9.17) is 4.74 Å².